The number of carbonyl (C=O) groups is 4. The monoisotopic (exact) mass is 592 g/mol. The molecule has 1 saturated carbocycles. The van der Waals surface area contributed by atoms with Crippen LogP contribution in [0.3, 0.4) is 0 Å². The molecule has 2 aliphatic carbocycles. The Morgan fingerprint density at radius 1 is 0.977 bits per heavy atom. The van der Waals surface area contributed by atoms with Crippen LogP contribution in [0.25, 0.3) is 11.1 Å². The largest absolute Gasteiger partial charge is 0.481 e. The maximum absolute atomic E-state index is 12.9. The van der Waals surface area contributed by atoms with Gasteiger partial charge in [0.2, 0.25) is 0 Å². The number of carbonyl (C=O) groups excluding carboxylic acids is 3. The Kier molecular flexibility index (Phi) is 10.4. The molecule has 2 aliphatic rings. The average molecular weight is 593 g/mol. The van der Waals surface area contributed by atoms with E-state index in [1.165, 1.54) is 6.21 Å². The van der Waals surface area contributed by atoms with Gasteiger partial charge in [0.15, 0.2) is 0 Å². The second-order valence-electron chi connectivity index (χ2n) is 12.0. The van der Waals surface area contributed by atoms with Gasteiger partial charge >= 0.3 is 24.1 Å². The molecule has 0 unspecified atom stereocenters. The van der Waals surface area contributed by atoms with E-state index in [1.54, 1.807) is 20.8 Å². The van der Waals surface area contributed by atoms with Gasteiger partial charge in [-0.1, -0.05) is 48.5 Å². The van der Waals surface area contributed by atoms with Crippen LogP contribution in [0.1, 0.15) is 69.9 Å². The third kappa shape index (κ3) is 9.04. The quantitative estimate of drug-likeness (QED) is 0.175. The molecule has 0 heterocycles. The van der Waals surface area contributed by atoms with E-state index in [-0.39, 0.29) is 30.8 Å². The number of fused-ring (bicyclic) bond motifs is 3. The van der Waals surface area contributed by atoms with Gasteiger partial charge in [-0.2, -0.15) is 5.10 Å². The average Bonchev–Trinajstić information content (AvgIpc) is 3.27. The van der Waals surface area contributed by atoms with E-state index in [0.29, 0.717) is 19.4 Å². The lowest BCUT2D eigenvalue weighted by molar-refractivity contribution is -0.155. The van der Waals surface area contributed by atoms with Crippen molar-refractivity contribution in [2.45, 2.75) is 70.4 Å². The van der Waals surface area contributed by atoms with Crippen LogP contribution < -0.4 is 16.1 Å². The Bertz CT molecular complexity index is 1300. The first-order chi connectivity index (χ1) is 20.5. The number of alkyl carbamates (subject to hydrolysis) is 1. The molecule has 3 amide bonds. The summed E-state index contributed by atoms with van der Waals surface area (Å²) in [6.45, 7) is 5.73. The number of benzene rings is 2. The number of nitrogens with zero attached hydrogens (tertiary/aromatic N) is 1. The molecule has 1 fully saturated rings. The Hall–Kier alpha value is -4.41. The SMILES string of the molecule is CC(C)(C)OC(=O)C[C@@H](C=NNC(=O)NCC1CCC(C(=O)O)CC1)NC(=O)OCC1c2ccccc2-c2ccccc21. The molecule has 43 heavy (non-hydrogen) atoms. The minimum atomic E-state index is -0.905. The van der Waals surface area contributed by atoms with Crippen LogP contribution in [0.4, 0.5) is 9.59 Å². The minimum absolute atomic E-state index is 0.102. The van der Waals surface area contributed by atoms with Gasteiger partial charge in [-0.05, 0) is 74.6 Å². The van der Waals surface area contributed by atoms with E-state index in [9.17, 15) is 19.2 Å². The van der Waals surface area contributed by atoms with E-state index < -0.39 is 35.7 Å². The summed E-state index contributed by atoms with van der Waals surface area (Å²) in [5, 5.41) is 18.4. The van der Waals surface area contributed by atoms with E-state index in [1.807, 2.05) is 36.4 Å². The fourth-order valence-electron chi connectivity index (χ4n) is 5.57. The number of carboxylic acid groups (broad SMARTS) is 1. The molecular formula is C32H40N4O7. The maximum Gasteiger partial charge on any atom is 0.407 e. The lowest BCUT2D eigenvalue weighted by atomic mass is 9.82. The number of ether oxygens (including phenoxy) is 2. The molecule has 0 bridgehead atoms. The predicted molar refractivity (Wildman–Crippen MR) is 161 cm³/mol. The maximum atomic E-state index is 12.9. The van der Waals surface area contributed by atoms with Crippen molar-refractivity contribution in [3.05, 3.63) is 59.7 Å². The summed E-state index contributed by atoms with van der Waals surface area (Å²) >= 11 is 0. The first kappa shape index (κ1) is 31.5. The van der Waals surface area contributed by atoms with Crippen molar-refractivity contribution in [1.29, 1.82) is 0 Å². The van der Waals surface area contributed by atoms with E-state index >= 15 is 0 Å². The van der Waals surface area contributed by atoms with Crippen LogP contribution in [-0.4, -0.2) is 60.2 Å². The molecule has 4 N–H and O–H groups in total. The number of rotatable bonds is 10. The van der Waals surface area contributed by atoms with Crippen molar-refractivity contribution >= 4 is 30.3 Å². The number of carboxylic acids is 1. The van der Waals surface area contributed by atoms with Crippen molar-refractivity contribution in [1.82, 2.24) is 16.1 Å². The second-order valence-corrected chi connectivity index (χ2v) is 12.0. The topological polar surface area (TPSA) is 155 Å². The molecule has 230 valence electrons. The summed E-state index contributed by atoms with van der Waals surface area (Å²) < 4.78 is 11.0. The Morgan fingerprint density at radius 3 is 2.16 bits per heavy atom. The zero-order valence-electron chi connectivity index (χ0n) is 24.8. The zero-order valence-corrected chi connectivity index (χ0v) is 24.8. The van der Waals surface area contributed by atoms with Gasteiger partial charge in [-0.15, -0.1) is 0 Å². The van der Waals surface area contributed by atoms with Gasteiger partial charge in [0.05, 0.1) is 18.4 Å². The second kappa shape index (κ2) is 14.2. The molecule has 0 radical (unpaired) electrons. The molecule has 2 aromatic rings. The third-order valence-corrected chi connectivity index (χ3v) is 7.62. The van der Waals surface area contributed by atoms with E-state index in [0.717, 1.165) is 35.1 Å². The highest BCUT2D eigenvalue weighted by atomic mass is 16.6. The number of hydrazone groups is 1. The normalized spacial score (nSPS) is 18.7. The number of amides is 3. The van der Waals surface area contributed by atoms with Gasteiger partial charge in [0.1, 0.15) is 12.2 Å². The molecule has 0 spiro atoms. The van der Waals surface area contributed by atoms with Gasteiger partial charge in [0.25, 0.3) is 0 Å². The molecule has 4 rings (SSSR count). The Morgan fingerprint density at radius 2 is 1.58 bits per heavy atom. The van der Waals surface area contributed by atoms with Crippen molar-refractivity contribution in [2.75, 3.05) is 13.2 Å². The van der Waals surface area contributed by atoms with Crippen LogP contribution in [0.15, 0.2) is 53.6 Å². The number of nitrogens with one attached hydrogen (secondary N) is 3. The smallest absolute Gasteiger partial charge is 0.407 e. The summed E-state index contributed by atoms with van der Waals surface area (Å²) in [4.78, 5) is 48.8. The van der Waals surface area contributed by atoms with Crippen LogP contribution in [0.2, 0.25) is 0 Å². The number of urea groups is 1. The standard InChI is InChI=1S/C32H40N4O7/c1-32(2,3)43-28(37)16-22(18-34-36-30(40)33-17-20-12-14-21(15-13-20)29(38)39)35-31(41)42-19-27-25-10-6-4-8-23(25)24-9-5-7-11-26(24)27/h4-11,18,20-22,27H,12-17,19H2,1-3H3,(H,35,41)(H,38,39)(H2,33,36,40)/t20?,21?,22-/m0/s1. The van der Waals surface area contributed by atoms with Crippen LogP contribution in [0.5, 0.6) is 0 Å². The molecular weight excluding hydrogens is 552 g/mol. The third-order valence-electron chi connectivity index (χ3n) is 7.62. The van der Waals surface area contributed by atoms with Crippen molar-refractivity contribution < 1.29 is 33.8 Å². The summed E-state index contributed by atoms with van der Waals surface area (Å²) in [5.41, 5.74) is 6.01. The molecule has 11 heteroatoms. The number of esters is 1. The predicted octanol–water partition coefficient (Wildman–Crippen LogP) is 4.80. The van der Waals surface area contributed by atoms with Crippen molar-refractivity contribution in [3.63, 3.8) is 0 Å². The van der Waals surface area contributed by atoms with Crippen molar-refractivity contribution in [2.24, 2.45) is 16.9 Å². The Labute approximate surface area is 251 Å². The number of hydrogen-bond donors (Lipinski definition) is 4. The zero-order chi connectivity index (χ0) is 31.0. The lowest BCUT2D eigenvalue weighted by Crippen LogP contribution is -2.41. The minimum Gasteiger partial charge on any atom is -0.481 e. The number of aliphatic carboxylic acids is 1. The summed E-state index contributed by atoms with van der Waals surface area (Å²) in [5.74, 6) is -1.57. The summed E-state index contributed by atoms with van der Waals surface area (Å²) in [7, 11) is 0. The first-order valence-corrected chi connectivity index (χ1v) is 14.6. The highest BCUT2D eigenvalue weighted by molar-refractivity contribution is 5.83. The highest BCUT2D eigenvalue weighted by Crippen LogP contribution is 2.44. The Balaban J connectivity index is 1.31. The lowest BCUT2D eigenvalue weighted by Gasteiger charge is -2.26. The van der Waals surface area contributed by atoms with Gasteiger partial charge < -0.3 is 25.2 Å². The van der Waals surface area contributed by atoms with Crippen LogP contribution >= 0.6 is 0 Å². The molecule has 11 nitrogen and oxygen atoms in total. The van der Waals surface area contributed by atoms with Crippen LogP contribution in [-0.2, 0) is 19.1 Å². The molecule has 0 aromatic heterocycles. The van der Waals surface area contributed by atoms with Crippen molar-refractivity contribution in [3.8, 4) is 11.1 Å². The van der Waals surface area contributed by atoms with Gasteiger partial charge in [-0.3, -0.25) is 9.59 Å². The molecule has 0 aliphatic heterocycles. The highest BCUT2D eigenvalue weighted by Gasteiger charge is 2.30. The van der Waals surface area contributed by atoms with E-state index in [2.05, 4.69) is 33.3 Å². The molecule has 0 saturated heterocycles. The summed E-state index contributed by atoms with van der Waals surface area (Å²) in [6, 6.07) is 14.6. The van der Waals surface area contributed by atoms with Crippen LogP contribution in [0, 0.1) is 11.8 Å². The molecule has 1 atom stereocenters. The summed E-state index contributed by atoms with van der Waals surface area (Å²) in [6.07, 6.45) is 2.93. The van der Waals surface area contributed by atoms with Gasteiger partial charge in [-0.25, -0.2) is 15.0 Å². The fourth-order valence-corrected chi connectivity index (χ4v) is 5.57. The fraction of sp³-hybridized carbons (Fsp3) is 0.469. The van der Waals surface area contributed by atoms with E-state index in [4.69, 9.17) is 14.6 Å². The molecule has 2 aromatic carbocycles. The first-order valence-electron chi connectivity index (χ1n) is 14.6. The number of hydrogen-bond acceptors (Lipinski definition) is 7. The van der Waals surface area contributed by atoms with Gasteiger partial charge in [0, 0.05) is 18.7 Å².